The van der Waals surface area contributed by atoms with E-state index in [1.165, 1.54) is 0 Å². The average molecular weight is 691 g/mol. The number of anilines is 2. The molecule has 8 aliphatic rings. The molecule has 2 aromatic rings. The van der Waals surface area contributed by atoms with Gasteiger partial charge in [-0.15, -0.1) is 0 Å². The van der Waals surface area contributed by atoms with Crippen molar-refractivity contribution in [2.24, 2.45) is 46.3 Å². The van der Waals surface area contributed by atoms with Crippen LogP contribution in [0.3, 0.4) is 0 Å². The molecule has 0 aliphatic heterocycles. The van der Waals surface area contributed by atoms with E-state index in [1.54, 1.807) is 0 Å². The third kappa shape index (κ3) is 5.04. The number of carbonyl (C=O) groups is 2. The lowest BCUT2D eigenvalue weighted by Gasteiger charge is -2.55. The van der Waals surface area contributed by atoms with Crippen LogP contribution in [0.2, 0.25) is 0 Å². The van der Waals surface area contributed by atoms with E-state index in [0.717, 1.165) is 50.7 Å². The minimum Gasteiger partial charge on any atom is -0.506 e. The highest BCUT2D eigenvalue weighted by Crippen LogP contribution is 2.62. The number of alkyl halides is 6. The molecule has 0 heterocycles. The van der Waals surface area contributed by atoms with Crippen LogP contribution in [0.25, 0.3) is 0 Å². The van der Waals surface area contributed by atoms with Gasteiger partial charge in [-0.1, -0.05) is 12.1 Å². The average Bonchev–Trinajstić information content (AvgIpc) is 2.98. The van der Waals surface area contributed by atoms with E-state index in [4.69, 9.17) is 0 Å². The van der Waals surface area contributed by atoms with Crippen molar-refractivity contribution in [1.82, 2.24) is 0 Å². The maximum atomic E-state index is 15.2. The number of halogens is 6. The van der Waals surface area contributed by atoms with Crippen LogP contribution in [-0.4, -0.2) is 34.4 Å². The molecule has 0 spiro atoms. The number of hydrogen-bond acceptors (Lipinski definition) is 4. The molecule has 0 unspecified atom stereocenters. The molecule has 2 aromatic carbocycles. The number of hydrogen-bond donors (Lipinski definition) is 4. The van der Waals surface area contributed by atoms with Gasteiger partial charge in [0.25, 0.3) is 0 Å². The first-order chi connectivity index (χ1) is 23.0. The van der Waals surface area contributed by atoms with E-state index >= 15 is 26.3 Å². The summed E-state index contributed by atoms with van der Waals surface area (Å²) in [6, 6.07) is 3.67. The number of carbonyl (C=O) groups excluding carboxylic acids is 2. The zero-order chi connectivity index (χ0) is 34.7. The molecule has 0 saturated heterocycles. The highest BCUT2D eigenvalue weighted by Gasteiger charge is 2.73. The van der Waals surface area contributed by atoms with Crippen molar-refractivity contribution in [3.63, 3.8) is 0 Å². The Balaban J connectivity index is 1.15. The summed E-state index contributed by atoms with van der Waals surface area (Å²) in [5, 5.41) is 26.3. The molecule has 0 atom stereocenters. The Bertz CT molecular complexity index is 1510. The smallest absolute Gasteiger partial charge is 0.411 e. The predicted molar refractivity (Wildman–Crippen MR) is 168 cm³/mol. The van der Waals surface area contributed by atoms with Gasteiger partial charge in [-0.05, 0) is 148 Å². The molecule has 2 amide bonds. The molecule has 6 nitrogen and oxygen atoms in total. The highest BCUT2D eigenvalue weighted by molar-refractivity contribution is 5.98. The quantitative estimate of drug-likeness (QED) is 0.180. The van der Waals surface area contributed by atoms with Crippen molar-refractivity contribution in [2.45, 2.75) is 94.8 Å². The number of phenolic OH excluding ortho intramolecular Hbond substituents is 2. The van der Waals surface area contributed by atoms with E-state index in [-0.39, 0.29) is 0 Å². The normalized spacial score (nSPS) is 34.7. The molecule has 8 aliphatic carbocycles. The molecule has 10 rings (SSSR count). The minimum atomic E-state index is -5.97. The highest BCUT2D eigenvalue weighted by atomic mass is 19.4. The number of phenols is 2. The molecule has 8 saturated carbocycles. The van der Waals surface area contributed by atoms with Crippen LogP contribution >= 0.6 is 0 Å². The summed E-state index contributed by atoms with van der Waals surface area (Å²) in [7, 11) is 0. The second-order valence-corrected chi connectivity index (χ2v) is 16.5. The van der Waals surface area contributed by atoms with Gasteiger partial charge < -0.3 is 20.8 Å². The maximum Gasteiger partial charge on any atom is 0.411 e. The van der Waals surface area contributed by atoms with Crippen molar-refractivity contribution < 1.29 is 46.1 Å². The Labute approximate surface area is 280 Å². The molecular formula is C37H40F6N2O4. The lowest BCUT2D eigenvalue weighted by molar-refractivity contribution is -0.288. The van der Waals surface area contributed by atoms with Crippen molar-refractivity contribution in [3.05, 3.63) is 47.5 Å². The first kappa shape index (κ1) is 32.7. The molecule has 49 heavy (non-hydrogen) atoms. The van der Waals surface area contributed by atoms with Crippen molar-refractivity contribution in [3.8, 4) is 11.5 Å². The Hall–Kier alpha value is -3.44. The van der Waals surface area contributed by atoms with Crippen LogP contribution < -0.4 is 10.6 Å². The van der Waals surface area contributed by atoms with Gasteiger partial charge >= 0.3 is 12.4 Å². The molecule has 8 fully saturated rings. The van der Waals surface area contributed by atoms with E-state index in [2.05, 4.69) is 10.6 Å². The number of nitrogens with one attached hydrogen (secondary N) is 2. The molecule has 8 bridgehead atoms. The monoisotopic (exact) mass is 690 g/mol. The zero-order valence-electron chi connectivity index (χ0n) is 26.9. The lowest BCUT2D eigenvalue weighted by atomic mass is 9.49. The molecule has 12 heteroatoms. The summed E-state index contributed by atoms with van der Waals surface area (Å²) in [5.41, 5.74) is -9.80. The third-order valence-electron chi connectivity index (χ3n) is 13.2. The van der Waals surface area contributed by atoms with Crippen LogP contribution in [-0.2, 0) is 15.0 Å². The van der Waals surface area contributed by atoms with Gasteiger partial charge in [0.15, 0.2) is 0 Å². The fourth-order valence-electron chi connectivity index (χ4n) is 12.0. The van der Waals surface area contributed by atoms with Gasteiger partial charge in [0, 0.05) is 0 Å². The largest absolute Gasteiger partial charge is 0.506 e. The van der Waals surface area contributed by atoms with Gasteiger partial charge in [-0.25, -0.2) is 0 Å². The van der Waals surface area contributed by atoms with Crippen LogP contribution in [0.5, 0.6) is 11.5 Å². The molecular weight excluding hydrogens is 650 g/mol. The summed E-state index contributed by atoms with van der Waals surface area (Å²) in [6.45, 7) is 0. The van der Waals surface area contributed by atoms with E-state index < -0.39 is 74.4 Å². The zero-order valence-corrected chi connectivity index (χ0v) is 26.9. The Morgan fingerprint density at radius 2 is 0.837 bits per heavy atom. The molecule has 0 aromatic heterocycles. The molecule has 0 radical (unpaired) electrons. The van der Waals surface area contributed by atoms with Crippen molar-refractivity contribution >= 4 is 23.2 Å². The first-order valence-corrected chi connectivity index (χ1v) is 17.4. The second-order valence-electron chi connectivity index (χ2n) is 16.5. The Morgan fingerprint density at radius 3 is 1.10 bits per heavy atom. The van der Waals surface area contributed by atoms with Gasteiger partial charge in [-0.3, -0.25) is 9.59 Å². The summed E-state index contributed by atoms with van der Waals surface area (Å²) in [4.78, 5) is 27.4. The number of aromatic hydroxyl groups is 2. The van der Waals surface area contributed by atoms with Gasteiger partial charge in [0.2, 0.25) is 17.2 Å². The van der Waals surface area contributed by atoms with E-state index in [9.17, 15) is 19.8 Å². The number of benzene rings is 2. The predicted octanol–water partition coefficient (Wildman–Crippen LogP) is 8.82. The van der Waals surface area contributed by atoms with Crippen LogP contribution in [0, 0.1) is 46.3 Å². The van der Waals surface area contributed by atoms with Gasteiger partial charge in [-0.2, -0.15) is 26.3 Å². The lowest BCUT2D eigenvalue weighted by Crippen LogP contribution is -2.55. The Kier molecular flexibility index (Phi) is 7.20. The van der Waals surface area contributed by atoms with Crippen LogP contribution in [0.15, 0.2) is 36.4 Å². The topological polar surface area (TPSA) is 98.7 Å². The third-order valence-corrected chi connectivity index (χ3v) is 13.2. The Morgan fingerprint density at radius 1 is 0.551 bits per heavy atom. The van der Waals surface area contributed by atoms with Crippen LogP contribution in [0.4, 0.5) is 37.7 Å². The summed E-state index contributed by atoms with van der Waals surface area (Å²) < 4.78 is 91.3. The minimum absolute atomic E-state index is 0.354. The summed E-state index contributed by atoms with van der Waals surface area (Å²) in [5.74, 6) is -0.187. The maximum absolute atomic E-state index is 15.2. The second kappa shape index (κ2) is 10.8. The molecule has 264 valence electrons. The summed E-state index contributed by atoms with van der Waals surface area (Å²) >= 11 is 0. The van der Waals surface area contributed by atoms with Gasteiger partial charge in [0.1, 0.15) is 11.5 Å². The van der Waals surface area contributed by atoms with Crippen molar-refractivity contribution in [2.75, 3.05) is 10.6 Å². The van der Waals surface area contributed by atoms with Gasteiger partial charge in [0.05, 0.1) is 22.2 Å². The summed E-state index contributed by atoms with van der Waals surface area (Å²) in [6.07, 6.45) is -2.21. The first-order valence-electron chi connectivity index (χ1n) is 17.4. The van der Waals surface area contributed by atoms with Crippen molar-refractivity contribution in [1.29, 1.82) is 0 Å². The number of rotatable bonds is 6. The SMILES string of the molecule is O=C(Nc1cc(C(c2ccc(O)c(NC(=O)C34CC5CC(CC(C5)C3)C4)c2)(C(F)(F)F)C(F)(F)F)ccc1O)C12CC3CC(CC(C3)C1)C2. The fourth-order valence-corrected chi connectivity index (χ4v) is 12.0. The van der Waals surface area contributed by atoms with E-state index in [0.29, 0.717) is 98.3 Å². The fraction of sp³-hybridized carbons (Fsp3) is 0.622. The molecule has 4 N–H and O–H groups in total. The number of amides is 2. The van der Waals surface area contributed by atoms with E-state index in [1.807, 2.05) is 0 Å². The van der Waals surface area contributed by atoms with Crippen LogP contribution in [0.1, 0.15) is 88.2 Å². The standard InChI is InChI=1S/C37H40F6N2O4/c38-36(39,40)35(37(41,42)43,25-1-3-29(46)27(11-25)44-31(48)33-13-19-5-20(14-33)7-21(6-19)15-33)26-2-4-30(47)28(12-26)45-32(49)34-16-22-8-23(17-34)10-24(9-22)18-34/h1-4,11-12,19-24,46-47H,5-10,13-18H2,(H,44,48)(H,45,49).